The van der Waals surface area contributed by atoms with E-state index in [0.717, 1.165) is 18.2 Å². The van der Waals surface area contributed by atoms with Crippen LogP contribution in [0.4, 0.5) is 8.78 Å². The zero-order chi connectivity index (χ0) is 17.4. The van der Waals surface area contributed by atoms with Crippen LogP contribution in [0.3, 0.4) is 0 Å². The van der Waals surface area contributed by atoms with Crippen molar-refractivity contribution < 1.29 is 8.78 Å². The molecule has 1 aromatic heterocycles. The highest BCUT2D eigenvalue weighted by molar-refractivity contribution is 6.35. The maximum atomic E-state index is 13.4. The minimum Gasteiger partial charge on any atom is -0.322 e. The Balaban J connectivity index is 2.25. The average molecular weight is 350 g/mol. The van der Waals surface area contributed by atoms with Crippen molar-refractivity contribution >= 4 is 22.5 Å². The van der Waals surface area contributed by atoms with Crippen molar-refractivity contribution in [2.75, 3.05) is 0 Å². The van der Waals surface area contributed by atoms with Gasteiger partial charge in [-0.15, -0.1) is 0 Å². The first-order chi connectivity index (χ1) is 11.4. The lowest BCUT2D eigenvalue weighted by Gasteiger charge is -2.16. The fourth-order valence-electron chi connectivity index (χ4n) is 2.63. The van der Waals surface area contributed by atoms with Crippen molar-refractivity contribution in [2.45, 2.75) is 19.5 Å². The van der Waals surface area contributed by atoms with E-state index in [9.17, 15) is 13.6 Å². The van der Waals surface area contributed by atoms with Crippen LogP contribution in [0.15, 0.2) is 41.2 Å². The summed E-state index contributed by atoms with van der Waals surface area (Å²) in [6, 6.07) is 7.50. The molecule has 1 heterocycles. The number of benzene rings is 2. The SMILES string of the molecule is C[C@H](N)c1nc2cccc(Cl)c2c(=O)n1Cc1cc(F)cc(F)c1. The molecule has 24 heavy (non-hydrogen) atoms. The molecule has 4 nitrogen and oxygen atoms in total. The third kappa shape index (κ3) is 3.02. The van der Waals surface area contributed by atoms with E-state index in [1.54, 1.807) is 25.1 Å². The highest BCUT2D eigenvalue weighted by Gasteiger charge is 2.16. The van der Waals surface area contributed by atoms with E-state index in [1.807, 2.05) is 0 Å². The normalized spacial score (nSPS) is 12.5. The summed E-state index contributed by atoms with van der Waals surface area (Å²) in [5.74, 6) is -1.11. The van der Waals surface area contributed by atoms with Gasteiger partial charge in [0.1, 0.15) is 17.5 Å². The van der Waals surface area contributed by atoms with Crippen molar-refractivity contribution in [3.63, 3.8) is 0 Å². The first-order valence-corrected chi connectivity index (χ1v) is 7.64. The number of hydrogen-bond donors (Lipinski definition) is 1. The van der Waals surface area contributed by atoms with Gasteiger partial charge in [-0.2, -0.15) is 0 Å². The quantitative estimate of drug-likeness (QED) is 0.788. The largest absolute Gasteiger partial charge is 0.322 e. The van der Waals surface area contributed by atoms with Gasteiger partial charge in [0.25, 0.3) is 5.56 Å². The zero-order valence-corrected chi connectivity index (χ0v) is 13.5. The lowest BCUT2D eigenvalue weighted by molar-refractivity contribution is 0.571. The predicted molar refractivity (Wildman–Crippen MR) is 89.1 cm³/mol. The molecule has 2 N–H and O–H groups in total. The Morgan fingerprint density at radius 2 is 1.92 bits per heavy atom. The second kappa shape index (κ2) is 6.30. The number of halogens is 3. The van der Waals surface area contributed by atoms with Gasteiger partial charge in [-0.3, -0.25) is 9.36 Å². The van der Waals surface area contributed by atoms with Crippen LogP contribution in [0.1, 0.15) is 24.4 Å². The van der Waals surface area contributed by atoms with Crippen LogP contribution >= 0.6 is 11.6 Å². The molecule has 0 aliphatic rings. The summed E-state index contributed by atoms with van der Waals surface area (Å²) < 4.78 is 28.1. The van der Waals surface area contributed by atoms with Crippen LogP contribution in [0.5, 0.6) is 0 Å². The van der Waals surface area contributed by atoms with E-state index in [4.69, 9.17) is 17.3 Å². The number of fused-ring (bicyclic) bond motifs is 1. The molecule has 0 saturated heterocycles. The molecule has 1 atom stereocenters. The monoisotopic (exact) mass is 349 g/mol. The molecule has 124 valence electrons. The Morgan fingerprint density at radius 3 is 2.54 bits per heavy atom. The molecule has 0 radical (unpaired) electrons. The fraction of sp³-hybridized carbons (Fsp3) is 0.176. The van der Waals surface area contributed by atoms with Gasteiger partial charge < -0.3 is 5.73 Å². The van der Waals surface area contributed by atoms with E-state index in [2.05, 4.69) is 4.98 Å². The van der Waals surface area contributed by atoms with Gasteiger partial charge in [0.05, 0.1) is 28.5 Å². The maximum Gasteiger partial charge on any atom is 0.263 e. The van der Waals surface area contributed by atoms with Crippen molar-refractivity contribution in [3.05, 3.63) is 74.8 Å². The molecule has 3 rings (SSSR count). The number of hydrogen-bond acceptors (Lipinski definition) is 3. The molecular formula is C17H14ClF2N3O. The molecule has 0 aliphatic carbocycles. The Bertz CT molecular complexity index is 965. The van der Waals surface area contributed by atoms with Crippen LogP contribution in [-0.2, 0) is 6.54 Å². The second-order valence-corrected chi connectivity index (χ2v) is 5.97. The molecule has 0 fully saturated rings. The molecule has 0 amide bonds. The number of nitrogens with zero attached hydrogens (tertiary/aromatic N) is 2. The zero-order valence-electron chi connectivity index (χ0n) is 12.8. The van der Waals surface area contributed by atoms with Crippen LogP contribution < -0.4 is 11.3 Å². The third-order valence-electron chi connectivity index (χ3n) is 3.63. The van der Waals surface area contributed by atoms with Crippen LogP contribution in [0.25, 0.3) is 10.9 Å². The standard InChI is InChI=1S/C17H14ClF2N3O/c1-9(21)16-22-14-4-2-3-13(18)15(14)17(24)23(16)8-10-5-11(19)7-12(20)6-10/h2-7,9H,8,21H2,1H3/t9-/m0/s1. The summed E-state index contributed by atoms with van der Waals surface area (Å²) in [5, 5.41) is 0.515. The van der Waals surface area contributed by atoms with Gasteiger partial charge in [-0.1, -0.05) is 17.7 Å². The first kappa shape index (κ1) is 16.5. The smallest absolute Gasteiger partial charge is 0.263 e. The molecule has 7 heteroatoms. The summed E-state index contributed by atoms with van der Waals surface area (Å²) in [5.41, 5.74) is 6.25. The molecule has 0 bridgehead atoms. The minimum atomic E-state index is -0.716. The number of aromatic nitrogens is 2. The Hall–Kier alpha value is -2.31. The summed E-state index contributed by atoms with van der Waals surface area (Å²) in [6.07, 6.45) is 0. The van der Waals surface area contributed by atoms with Crippen LogP contribution in [-0.4, -0.2) is 9.55 Å². The average Bonchev–Trinajstić information content (AvgIpc) is 2.48. The van der Waals surface area contributed by atoms with E-state index >= 15 is 0 Å². The lowest BCUT2D eigenvalue weighted by Crippen LogP contribution is -2.29. The van der Waals surface area contributed by atoms with Gasteiger partial charge >= 0.3 is 0 Å². The molecule has 0 aliphatic heterocycles. The maximum absolute atomic E-state index is 13.4. The lowest BCUT2D eigenvalue weighted by atomic mass is 10.1. The van der Waals surface area contributed by atoms with Crippen molar-refractivity contribution in [1.29, 1.82) is 0 Å². The summed E-state index contributed by atoms with van der Waals surface area (Å²) >= 11 is 6.12. The highest BCUT2D eigenvalue weighted by Crippen LogP contribution is 2.21. The van der Waals surface area contributed by atoms with Gasteiger partial charge in [-0.05, 0) is 36.8 Å². The van der Waals surface area contributed by atoms with E-state index in [0.29, 0.717) is 16.9 Å². The molecular weight excluding hydrogens is 336 g/mol. The van der Waals surface area contributed by atoms with E-state index in [-0.39, 0.29) is 17.0 Å². The minimum absolute atomic E-state index is 0.0570. The summed E-state index contributed by atoms with van der Waals surface area (Å²) in [6.45, 7) is 1.62. The summed E-state index contributed by atoms with van der Waals surface area (Å²) in [4.78, 5) is 17.2. The Morgan fingerprint density at radius 1 is 1.25 bits per heavy atom. The van der Waals surface area contributed by atoms with Gasteiger partial charge in [0.15, 0.2) is 0 Å². The second-order valence-electron chi connectivity index (χ2n) is 5.56. The number of nitrogens with two attached hydrogens (primary N) is 1. The molecule has 2 aromatic carbocycles. The predicted octanol–water partition coefficient (Wildman–Crippen LogP) is 3.40. The third-order valence-corrected chi connectivity index (χ3v) is 3.95. The molecule has 0 unspecified atom stereocenters. The van der Waals surface area contributed by atoms with E-state index in [1.165, 1.54) is 4.57 Å². The molecule has 0 spiro atoms. The van der Waals surface area contributed by atoms with E-state index < -0.39 is 23.2 Å². The van der Waals surface area contributed by atoms with Gasteiger partial charge in [0, 0.05) is 6.07 Å². The summed E-state index contributed by atoms with van der Waals surface area (Å²) in [7, 11) is 0. The van der Waals surface area contributed by atoms with Gasteiger partial charge in [-0.25, -0.2) is 13.8 Å². The highest BCUT2D eigenvalue weighted by atomic mass is 35.5. The molecule has 0 saturated carbocycles. The number of rotatable bonds is 3. The van der Waals surface area contributed by atoms with Gasteiger partial charge in [0.2, 0.25) is 0 Å². The fourth-order valence-corrected chi connectivity index (χ4v) is 2.88. The van der Waals surface area contributed by atoms with Crippen molar-refractivity contribution in [2.24, 2.45) is 5.73 Å². The first-order valence-electron chi connectivity index (χ1n) is 7.26. The Kier molecular flexibility index (Phi) is 4.34. The van der Waals surface area contributed by atoms with Crippen LogP contribution in [0, 0.1) is 11.6 Å². The van der Waals surface area contributed by atoms with Crippen molar-refractivity contribution in [3.8, 4) is 0 Å². The Labute approximate surface area is 141 Å². The van der Waals surface area contributed by atoms with Crippen LogP contribution in [0.2, 0.25) is 5.02 Å². The topological polar surface area (TPSA) is 60.9 Å². The molecule has 3 aromatic rings. The van der Waals surface area contributed by atoms with Crippen molar-refractivity contribution in [1.82, 2.24) is 9.55 Å².